The lowest BCUT2D eigenvalue weighted by Crippen LogP contribution is -2.49. The van der Waals surface area contributed by atoms with Crippen LogP contribution < -0.4 is 15.5 Å². The van der Waals surface area contributed by atoms with E-state index in [4.69, 9.17) is 0 Å². The number of anilines is 2. The monoisotopic (exact) mass is 456 g/mol. The molecule has 0 radical (unpaired) electrons. The highest BCUT2D eigenvalue weighted by Crippen LogP contribution is 2.25. The average Bonchev–Trinajstić information content (AvgIpc) is 2.79. The molecule has 0 aliphatic carbocycles. The minimum Gasteiger partial charge on any atom is -0.478 e. The van der Waals surface area contributed by atoms with Gasteiger partial charge in [-0.3, -0.25) is 14.5 Å². The van der Waals surface area contributed by atoms with Crippen molar-refractivity contribution in [1.29, 1.82) is 0 Å². The van der Waals surface area contributed by atoms with E-state index in [1.807, 2.05) is 13.8 Å². The molecular weight excluding hydrogens is 427 g/mol. The number of nitrogens with zero attached hydrogens (tertiary/aromatic N) is 2. The zero-order valence-corrected chi connectivity index (χ0v) is 18.8. The number of halogens is 1. The van der Waals surface area contributed by atoms with Crippen molar-refractivity contribution in [3.63, 3.8) is 0 Å². The number of nitrogens with one attached hydrogen (secondary N) is 2. The van der Waals surface area contributed by atoms with Gasteiger partial charge in [-0.1, -0.05) is 13.8 Å². The van der Waals surface area contributed by atoms with E-state index in [0.29, 0.717) is 45.2 Å². The van der Waals surface area contributed by atoms with Crippen molar-refractivity contribution in [3.8, 4) is 0 Å². The van der Waals surface area contributed by atoms with Crippen LogP contribution in [0.5, 0.6) is 0 Å². The van der Waals surface area contributed by atoms with E-state index in [-0.39, 0.29) is 22.7 Å². The van der Waals surface area contributed by atoms with Gasteiger partial charge in [0.25, 0.3) is 5.91 Å². The molecular formula is C24H29FN4O4. The molecule has 1 aliphatic heterocycles. The van der Waals surface area contributed by atoms with Crippen LogP contribution in [0.2, 0.25) is 0 Å². The number of amides is 2. The van der Waals surface area contributed by atoms with Gasteiger partial charge < -0.3 is 20.6 Å². The second-order valence-electron chi connectivity index (χ2n) is 8.46. The number of aromatic carboxylic acids is 1. The summed E-state index contributed by atoms with van der Waals surface area (Å²) >= 11 is 0. The normalized spacial score (nSPS) is 14.2. The van der Waals surface area contributed by atoms with Gasteiger partial charge >= 0.3 is 5.97 Å². The van der Waals surface area contributed by atoms with E-state index in [1.165, 1.54) is 30.3 Å². The Morgan fingerprint density at radius 2 is 1.70 bits per heavy atom. The lowest BCUT2D eigenvalue weighted by atomic mass is 10.1. The highest BCUT2D eigenvalue weighted by atomic mass is 19.1. The van der Waals surface area contributed by atoms with E-state index in [1.54, 1.807) is 12.1 Å². The van der Waals surface area contributed by atoms with E-state index in [0.717, 1.165) is 5.69 Å². The molecule has 0 bridgehead atoms. The molecule has 33 heavy (non-hydrogen) atoms. The Kier molecular flexibility index (Phi) is 8.00. The van der Waals surface area contributed by atoms with Gasteiger partial charge in [0.15, 0.2) is 0 Å². The van der Waals surface area contributed by atoms with Gasteiger partial charge in [0.05, 0.1) is 17.8 Å². The Bertz CT molecular complexity index is 1000. The number of carboxylic acids is 1. The average molecular weight is 457 g/mol. The van der Waals surface area contributed by atoms with E-state index < -0.39 is 17.7 Å². The second kappa shape index (κ2) is 10.9. The first-order chi connectivity index (χ1) is 15.7. The Balaban J connectivity index is 1.62. The molecule has 3 N–H and O–H groups in total. The van der Waals surface area contributed by atoms with Gasteiger partial charge in [-0.15, -0.1) is 0 Å². The zero-order valence-electron chi connectivity index (χ0n) is 18.8. The van der Waals surface area contributed by atoms with Crippen LogP contribution in [0.15, 0.2) is 42.5 Å². The Morgan fingerprint density at radius 3 is 2.30 bits per heavy atom. The number of piperazine rings is 1. The number of carboxylic acid groups (broad SMARTS) is 1. The Hall–Kier alpha value is -3.46. The number of rotatable bonds is 8. The van der Waals surface area contributed by atoms with Crippen LogP contribution in [-0.4, -0.2) is 67.1 Å². The smallest absolute Gasteiger partial charge is 0.337 e. The summed E-state index contributed by atoms with van der Waals surface area (Å²) in [6.45, 7) is 7.75. The molecule has 1 heterocycles. The molecule has 176 valence electrons. The van der Waals surface area contributed by atoms with Crippen molar-refractivity contribution in [2.24, 2.45) is 5.92 Å². The molecule has 9 heteroatoms. The predicted molar refractivity (Wildman–Crippen MR) is 124 cm³/mol. The standard InChI is InChI=1S/C24H29FN4O4/c1-16(2)14-26-22(30)15-28-9-11-29(12-10-28)19-7-8-21(20(13-19)24(32)33)27-23(31)17-3-5-18(25)6-4-17/h3-8,13,16H,9-12,14-15H2,1-2H3,(H,26,30)(H,27,31)(H,32,33). The van der Waals surface area contributed by atoms with Gasteiger partial charge in [-0.25, -0.2) is 9.18 Å². The predicted octanol–water partition coefficient (Wildman–Crippen LogP) is 2.67. The summed E-state index contributed by atoms with van der Waals surface area (Å²) in [5.74, 6) is -1.73. The highest BCUT2D eigenvalue weighted by molar-refractivity contribution is 6.08. The van der Waals surface area contributed by atoms with E-state index >= 15 is 0 Å². The van der Waals surface area contributed by atoms with Crippen molar-refractivity contribution >= 4 is 29.2 Å². The van der Waals surface area contributed by atoms with Crippen molar-refractivity contribution in [1.82, 2.24) is 10.2 Å². The molecule has 3 rings (SSSR count). The molecule has 2 amide bonds. The fraction of sp³-hybridized carbons (Fsp3) is 0.375. The van der Waals surface area contributed by atoms with Crippen molar-refractivity contribution in [3.05, 3.63) is 59.4 Å². The zero-order chi connectivity index (χ0) is 24.0. The molecule has 2 aromatic rings. The topological polar surface area (TPSA) is 102 Å². The van der Waals surface area contributed by atoms with Crippen molar-refractivity contribution in [2.45, 2.75) is 13.8 Å². The van der Waals surface area contributed by atoms with Crippen LogP contribution in [0.3, 0.4) is 0 Å². The number of carbonyl (C=O) groups is 3. The summed E-state index contributed by atoms with van der Waals surface area (Å²) in [4.78, 5) is 40.4. The molecule has 8 nitrogen and oxygen atoms in total. The van der Waals surface area contributed by atoms with E-state index in [2.05, 4.69) is 20.4 Å². The highest BCUT2D eigenvalue weighted by Gasteiger charge is 2.21. The Labute approximate surface area is 192 Å². The molecule has 2 aromatic carbocycles. The van der Waals surface area contributed by atoms with Gasteiger partial charge in [0.1, 0.15) is 5.82 Å². The minimum atomic E-state index is -1.16. The molecule has 0 aromatic heterocycles. The van der Waals surface area contributed by atoms with Crippen LogP contribution in [-0.2, 0) is 4.79 Å². The fourth-order valence-electron chi connectivity index (χ4n) is 3.55. The van der Waals surface area contributed by atoms with E-state index in [9.17, 15) is 23.9 Å². The maximum atomic E-state index is 13.1. The van der Waals surface area contributed by atoms with Gasteiger partial charge in [-0.2, -0.15) is 0 Å². The first-order valence-electron chi connectivity index (χ1n) is 10.9. The third-order valence-electron chi connectivity index (χ3n) is 5.40. The maximum Gasteiger partial charge on any atom is 0.337 e. The lowest BCUT2D eigenvalue weighted by Gasteiger charge is -2.36. The van der Waals surface area contributed by atoms with Crippen molar-refractivity contribution < 1.29 is 23.9 Å². The van der Waals surface area contributed by atoms with Crippen LogP contribution in [0.4, 0.5) is 15.8 Å². The number of hydrogen-bond donors (Lipinski definition) is 3. The summed E-state index contributed by atoms with van der Waals surface area (Å²) < 4.78 is 13.1. The summed E-state index contributed by atoms with van der Waals surface area (Å²) in [6, 6.07) is 9.87. The summed E-state index contributed by atoms with van der Waals surface area (Å²) in [5, 5.41) is 15.2. The molecule has 1 saturated heterocycles. The SMILES string of the molecule is CC(C)CNC(=O)CN1CCN(c2ccc(NC(=O)c3ccc(F)cc3)c(C(=O)O)c2)CC1. The number of carbonyl (C=O) groups excluding carboxylic acids is 2. The number of benzene rings is 2. The van der Waals surface area contributed by atoms with Gasteiger partial charge in [-0.05, 0) is 48.4 Å². The molecule has 0 unspecified atom stereocenters. The summed E-state index contributed by atoms with van der Waals surface area (Å²) in [7, 11) is 0. The molecule has 0 atom stereocenters. The summed E-state index contributed by atoms with van der Waals surface area (Å²) in [6.07, 6.45) is 0. The third-order valence-corrected chi connectivity index (χ3v) is 5.40. The number of hydrogen-bond acceptors (Lipinski definition) is 5. The Morgan fingerprint density at radius 1 is 1.03 bits per heavy atom. The third kappa shape index (κ3) is 6.76. The largest absolute Gasteiger partial charge is 0.478 e. The van der Waals surface area contributed by atoms with Gasteiger partial charge in [0.2, 0.25) is 5.91 Å². The van der Waals surface area contributed by atoms with Crippen LogP contribution >= 0.6 is 0 Å². The molecule has 1 fully saturated rings. The van der Waals surface area contributed by atoms with Crippen LogP contribution in [0, 0.1) is 11.7 Å². The maximum absolute atomic E-state index is 13.1. The fourth-order valence-corrected chi connectivity index (χ4v) is 3.55. The summed E-state index contributed by atoms with van der Waals surface area (Å²) in [5.41, 5.74) is 1.10. The quantitative estimate of drug-likeness (QED) is 0.565. The molecule has 0 spiro atoms. The van der Waals surface area contributed by atoms with Crippen LogP contribution in [0.1, 0.15) is 34.6 Å². The minimum absolute atomic E-state index is 0.00608. The molecule has 0 saturated carbocycles. The van der Waals surface area contributed by atoms with Crippen LogP contribution in [0.25, 0.3) is 0 Å². The molecule has 1 aliphatic rings. The first kappa shape index (κ1) is 24.2. The van der Waals surface area contributed by atoms with Gasteiger partial charge in [0, 0.05) is 44.0 Å². The second-order valence-corrected chi connectivity index (χ2v) is 8.46. The van der Waals surface area contributed by atoms with Crippen molar-refractivity contribution in [2.75, 3.05) is 49.5 Å². The first-order valence-corrected chi connectivity index (χ1v) is 10.9. The lowest BCUT2D eigenvalue weighted by molar-refractivity contribution is -0.122.